The summed E-state index contributed by atoms with van der Waals surface area (Å²) in [5.74, 6) is 0. The molecule has 0 bridgehead atoms. The summed E-state index contributed by atoms with van der Waals surface area (Å²) < 4.78 is 31.7. The Balaban J connectivity index is 0.000000177. The summed E-state index contributed by atoms with van der Waals surface area (Å²) in [6.07, 6.45) is 4.15. The number of nitrogens with zero attached hydrogens (tertiary/aromatic N) is 1. The van der Waals surface area contributed by atoms with Crippen molar-refractivity contribution in [3.63, 3.8) is 0 Å². The van der Waals surface area contributed by atoms with Gasteiger partial charge in [-0.15, -0.1) is 0 Å². The average molecular weight is 342 g/mol. The topological polar surface area (TPSA) is 58.2 Å². The second kappa shape index (κ2) is 7.86. The molecule has 0 aliphatic rings. The molecule has 0 spiro atoms. The summed E-state index contributed by atoms with van der Waals surface area (Å²) in [5.41, 5.74) is 3.44. The summed E-state index contributed by atoms with van der Waals surface area (Å²) in [7, 11) is -4.02. The molecule has 1 N–H and O–H groups in total. The Morgan fingerprint density at radius 2 is 1.25 bits per heavy atom. The average Bonchev–Trinajstić information content (AvgIpc) is 2.56. The normalized spacial score (nSPS) is 10.6. The van der Waals surface area contributed by atoms with Crippen molar-refractivity contribution in [2.75, 3.05) is 0 Å². The van der Waals surface area contributed by atoms with Crippen LogP contribution >= 0.6 is 0 Å². The highest BCUT2D eigenvalue weighted by Gasteiger charge is 2.06. The van der Waals surface area contributed by atoms with Crippen LogP contribution in [0.2, 0.25) is 0 Å². The molecule has 1 aromatic heterocycles. The maximum absolute atomic E-state index is 10.5. The van der Waals surface area contributed by atoms with Gasteiger partial charge < -0.3 is 0 Å². The first kappa shape index (κ1) is 17.8. The first-order valence-electron chi connectivity index (χ1n) is 7.44. The van der Waals surface area contributed by atoms with Crippen molar-refractivity contribution < 1.29 is 17.5 Å². The number of pyridine rings is 1. The van der Waals surface area contributed by atoms with Crippen molar-refractivity contribution in [2.24, 2.45) is 0 Å². The van der Waals surface area contributed by atoms with E-state index in [-0.39, 0.29) is 4.90 Å². The van der Waals surface area contributed by atoms with E-state index in [0.29, 0.717) is 0 Å². The van der Waals surface area contributed by atoms with Crippen molar-refractivity contribution >= 4 is 10.1 Å². The van der Waals surface area contributed by atoms with Gasteiger partial charge in [-0.2, -0.15) is 13.0 Å². The zero-order valence-electron chi connectivity index (χ0n) is 13.6. The fourth-order valence-corrected chi connectivity index (χ4v) is 2.46. The van der Waals surface area contributed by atoms with Crippen molar-refractivity contribution in [1.29, 1.82) is 0 Å². The summed E-state index contributed by atoms with van der Waals surface area (Å²) in [5, 5.41) is 0. The van der Waals surface area contributed by atoms with E-state index in [9.17, 15) is 8.42 Å². The fraction of sp³-hybridized carbons (Fsp3) is 0.105. The molecule has 0 saturated heterocycles. The van der Waals surface area contributed by atoms with Crippen LogP contribution in [-0.4, -0.2) is 13.0 Å². The monoisotopic (exact) mass is 342 g/mol. The van der Waals surface area contributed by atoms with Gasteiger partial charge in [0.1, 0.15) is 0 Å². The third kappa shape index (κ3) is 5.30. The molecule has 0 aliphatic heterocycles. The third-order valence-corrected chi connectivity index (χ3v) is 4.24. The molecular weight excluding hydrogens is 322 g/mol. The quantitative estimate of drug-likeness (QED) is 0.573. The highest BCUT2D eigenvalue weighted by molar-refractivity contribution is 7.85. The molecule has 0 unspecified atom stereocenters. The lowest BCUT2D eigenvalue weighted by Gasteiger charge is -1.95. The van der Waals surface area contributed by atoms with E-state index in [2.05, 4.69) is 48.1 Å². The standard InChI is InChI=1S/C12H12N.C7H8O3S/c1-11-7-9-13(10-8-11)12-5-3-2-4-6-12;1-6-2-4-7(5-3-6)11(8,9)10/h2-10H,1H3;2-5H,1H3,(H,8,9,10)/q+1;. The molecule has 0 atom stereocenters. The zero-order chi connectivity index (χ0) is 17.6. The van der Waals surface area contributed by atoms with Crippen molar-refractivity contribution in [2.45, 2.75) is 18.7 Å². The first-order valence-corrected chi connectivity index (χ1v) is 8.88. The highest BCUT2D eigenvalue weighted by atomic mass is 32.2. The van der Waals surface area contributed by atoms with E-state index in [1.807, 2.05) is 25.1 Å². The number of aryl methyl sites for hydroxylation is 2. The lowest BCUT2D eigenvalue weighted by Crippen LogP contribution is -2.28. The molecule has 0 radical (unpaired) electrons. The van der Waals surface area contributed by atoms with Gasteiger partial charge in [0.05, 0.1) is 4.90 Å². The van der Waals surface area contributed by atoms with Crippen LogP contribution in [0.4, 0.5) is 0 Å². The molecule has 4 nitrogen and oxygen atoms in total. The molecule has 2 aromatic carbocycles. The SMILES string of the molecule is Cc1cc[n+](-c2ccccc2)cc1.Cc1ccc(S(=O)(=O)O)cc1. The molecule has 5 heteroatoms. The Morgan fingerprint density at radius 1 is 0.750 bits per heavy atom. The number of benzene rings is 2. The second-order valence-electron chi connectivity index (χ2n) is 5.41. The molecule has 0 fully saturated rings. The molecular formula is C19H20NO3S+. The number of para-hydroxylation sites is 1. The van der Waals surface area contributed by atoms with Gasteiger partial charge in [-0.25, -0.2) is 0 Å². The predicted octanol–water partition coefficient (Wildman–Crippen LogP) is 3.51. The Kier molecular flexibility index (Phi) is 5.84. The Morgan fingerprint density at radius 3 is 1.75 bits per heavy atom. The largest absolute Gasteiger partial charge is 0.294 e. The van der Waals surface area contributed by atoms with Crippen LogP contribution in [0.3, 0.4) is 0 Å². The van der Waals surface area contributed by atoms with Crippen molar-refractivity contribution in [1.82, 2.24) is 0 Å². The van der Waals surface area contributed by atoms with Crippen LogP contribution in [0.1, 0.15) is 11.1 Å². The second-order valence-corrected chi connectivity index (χ2v) is 6.83. The van der Waals surface area contributed by atoms with Gasteiger partial charge in [0, 0.05) is 24.3 Å². The van der Waals surface area contributed by atoms with Gasteiger partial charge in [-0.05, 0) is 31.5 Å². The minimum atomic E-state index is -4.02. The first-order chi connectivity index (χ1) is 11.4. The van der Waals surface area contributed by atoms with Crippen molar-refractivity contribution in [3.05, 3.63) is 90.3 Å². The lowest BCUT2D eigenvalue weighted by atomic mass is 10.2. The van der Waals surface area contributed by atoms with Crippen LogP contribution in [0.25, 0.3) is 5.69 Å². The molecule has 1 heterocycles. The van der Waals surface area contributed by atoms with Gasteiger partial charge in [-0.3, -0.25) is 4.55 Å². The summed E-state index contributed by atoms with van der Waals surface area (Å²) in [6, 6.07) is 20.5. The zero-order valence-corrected chi connectivity index (χ0v) is 14.4. The smallest absolute Gasteiger partial charge is 0.282 e. The van der Waals surface area contributed by atoms with Gasteiger partial charge in [0.25, 0.3) is 10.1 Å². The Hall–Kier alpha value is -2.50. The van der Waals surface area contributed by atoms with Crippen molar-refractivity contribution in [3.8, 4) is 5.69 Å². The summed E-state index contributed by atoms with van der Waals surface area (Å²) >= 11 is 0. The van der Waals surface area contributed by atoms with E-state index in [1.54, 1.807) is 12.1 Å². The molecule has 3 rings (SSSR count). The fourth-order valence-electron chi connectivity index (χ4n) is 1.98. The molecule has 124 valence electrons. The third-order valence-electron chi connectivity index (χ3n) is 3.37. The van der Waals surface area contributed by atoms with Crippen LogP contribution in [0.5, 0.6) is 0 Å². The molecule has 0 saturated carbocycles. The van der Waals surface area contributed by atoms with E-state index >= 15 is 0 Å². The highest BCUT2D eigenvalue weighted by Crippen LogP contribution is 2.08. The van der Waals surface area contributed by atoms with Crippen LogP contribution in [-0.2, 0) is 10.1 Å². The Bertz CT molecular complexity index is 872. The number of hydrogen-bond donors (Lipinski definition) is 1. The van der Waals surface area contributed by atoms with E-state index in [0.717, 1.165) is 5.56 Å². The molecule has 24 heavy (non-hydrogen) atoms. The minimum Gasteiger partial charge on any atom is -0.282 e. The molecule has 0 aliphatic carbocycles. The lowest BCUT2D eigenvalue weighted by molar-refractivity contribution is -0.595. The predicted molar refractivity (Wildman–Crippen MR) is 93.7 cm³/mol. The van der Waals surface area contributed by atoms with E-state index in [4.69, 9.17) is 4.55 Å². The van der Waals surface area contributed by atoms with E-state index < -0.39 is 10.1 Å². The number of aromatic nitrogens is 1. The molecule has 3 aromatic rings. The van der Waals surface area contributed by atoms with Gasteiger partial charge in [-0.1, -0.05) is 35.9 Å². The van der Waals surface area contributed by atoms with Crippen LogP contribution in [0, 0.1) is 13.8 Å². The number of hydrogen-bond acceptors (Lipinski definition) is 2. The maximum Gasteiger partial charge on any atom is 0.294 e. The summed E-state index contributed by atoms with van der Waals surface area (Å²) in [6.45, 7) is 3.93. The van der Waals surface area contributed by atoms with Gasteiger partial charge >= 0.3 is 0 Å². The van der Waals surface area contributed by atoms with Crippen LogP contribution in [0.15, 0.2) is 84.0 Å². The summed E-state index contributed by atoms with van der Waals surface area (Å²) in [4.78, 5) is -0.0666. The van der Waals surface area contributed by atoms with Gasteiger partial charge in [0.15, 0.2) is 12.4 Å². The Labute approximate surface area is 142 Å². The molecule has 0 amide bonds. The van der Waals surface area contributed by atoms with Crippen LogP contribution < -0.4 is 4.57 Å². The maximum atomic E-state index is 10.5. The van der Waals surface area contributed by atoms with Gasteiger partial charge in [0.2, 0.25) is 5.69 Å². The van der Waals surface area contributed by atoms with E-state index in [1.165, 1.54) is 23.4 Å². The number of rotatable bonds is 2. The minimum absolute atomic E-state index is 0.0666.